The minimum absolute atomic E-state index is 0.0989. The fourth-order valence-corrected chi connectivity index (χ4v) is 3.51. The Kier molecular flexibility index (Phi) is 4.54. The van der Waals surface area contributed by atoms with Gasteiger partial charge in [-0.3, -0.25) is 15.0 Å². The molecule has 0 saturated carbocycles. The van der Waals surface area contributed by atoms with Crippen molar-refractivity contribution in [2.24, 2.45) is 0 Å². The Bertz CT molecular complexity index is 883. The molecule has 0 spiro atoms. The smallest absolute Gasteiger partial charge is 0.273 e. The number of hydrogen-bond donors (Lipinski definition) is 0. The van der Waals surface area contributed by atoms with E-state index < -0.39 is 0 Å². The van der Waals surface area contributed by atoms with Crippen LogP contribution in [-0.2, 0) is 6.54 Å². The Morgan fingerprint density at radius 1 is 1.29 bits per heavy atom. The quantitative estimate of drug-likeness (QED) is 0.503. The molecule has 2 heterocycles. The van der Waals surface area contributed by atoms with Crippen molar-refractivity contribution in [2.75, 3.05) is 13.1 Å². The molecule has 9 heteroatoms. The Hall–Kier alpha value is -2.39. The second kappa shape index (κ2) is 6.62. The zero-order chi connectivity index (χ0) is 17.3. The maximum Gasteiger partial charge on any atom is 0.273 e. The van der Waals surface area contributed by atoms with Gasteiger partial charge in [-0.2, -0.15) is 9.61 Å². The van der Waals surface area contributed by atoms with Crippen LogP contribution in [0.15, 0.2) is 18.2 Å². The molecular formula is C15H18N6O2S. The summed E-state index contributed by atoms with van der Waals surface area (Å²) >= 11 is 1.39. The minimum Gasteiger partial charge on any atom is -0.296 e. The summed E-state index contributed by atoms with van der Waals surface area (Å²) in [5.41, 5.74) is 1.47. The Morgan fingerprint density at radius 2 is 2.04 bits per heavy atom. The van der Waals surface area contributed by atoms with E-state index >= 15 is 0 Å². The lowest BCUT2D eigenvalue weighted by molar-refractivity contribution is -0.385. The van der Waals surface area contributed by atoms with E-state index in [2.05, 4.69) is 34.0 Å². The van der Waals surface area contributed by atoms with E-state index in [1.807, 2.05) is 6.07 Å². The van der Waals surface area contributed by atoms with E-state index in [-0.39, 0.29) is 10.6 Å². The molecule has 3 rings (SSSR count). The minimum atomic E-state index is -0.370. The van der Waals surface area contributed by atoms with Gasteiger partial charge < -0.3 is 0 Å². The summed E-state index contributed by atoms with van der Waals surface area (Å²) < 4.78 is 1.73. The first-order valence-electron chi connectivity index (χ1n) is 7.73. The molecule has 0 aliphatic heterocycles. The molecule has 0 amide bonds. The maximum absolute atomic E-state index is 11.1. The normalized spacial score (nSPS) is 11.5. The van der Waals surface area contributed by atoms with Gasteiger partial charge in [0.15, 0.2) is 5.82 Å². The number of nitro benzene ring substituents is 1. The van der Waals surface area contributed by atoms with Crippen molar-refractivity contribution in [1.82, 2.24) is 24.7 Å². The molecule has 1 aromatic carbocycles. The predicted molar refractivity (Wildman–Crippen MR) is 92.1 cm³/mol. The summed E-state index contributed by atoms with van der Waals surface area (Å²) in [6.07, 6.45) is 0. The van der Waals surface area contributed by atoms with E-state index in [1.54, 1.807) is 17.5 Å². The van der Waals surface area contributed by atoms with Crippen LogP contribution in [0.3, 0.4) is 0 Å². The van der Waals surface area contributed by atoms with Crippen molar-refractivity contribution >= 4 is 22.0 Å². The van der Waals surface area contributed by atoms with Gasteiger partial charge in [-0.25, -0.2) is 0 Å². The third kappa shape index (κ3) is 2.87. The van der Waals surface area contributed by atoms with Gasteiger partial charge in [-0.1, -0.05) is 37.3 Å². The van der Waals surface area contributed by atoms with Crippen molar-refractivity contribution in [2.45, 2.75) is 27.3 Å². The molecule has 0 aliphatic carbocycles. The van der Waals surface area contributed by atoms with E-state index in [0.717, 1.165) is 24.5 Å². The van der Waals surface area contributed by atoms with Crippen LogP contribution in [0.1, 0.15) is 25.2 Å². The Balaban J connectivity index is 2.02. The van der Waals surface area contributed by atoms with Crippen LogP contribution in [0.25, 0.3) is 15.5 Å². The number of aromatic nitrogens is 4. The van der Waals surface area contributed by atoms with Crippen molar-refractivity contribution < 1.29 is 4.92 Å². The topological polar surface area (TPSA) is 89.5 Å². The highest BCUT2D eigenvalue weighted by molar-refractivity contribution is 7.19. The summed E-state index contributed by atoms with van der Waals surface area (Å²) in [7, 11) is 0. The van der Waals surface area contributed by atoms with Crippen LogP contribution in [0.2, 0.25) is 0 Å². The van der Waals surface area contributed by atoms with E-state index in [9.17, 15) is 10.1 Å². The average molecular weight is 346 g/mol. The van der Waals surface area contributed by atoms with Gasteiger partial charge in [0.05, 0.1) is 11.5 Å². The van der Waals surface area contributed by atoms with Crippen LogP contribution >= 0.6 is 11.3 Å². The van der Waals surface area contributed by atoms with E-state index in [4.69, 9.17) is 0 Å². The first-order chi connectivity index (χ1) is 11.5. The third-order valence-electron chi connectivity index (χ3n) is 4.05. The molecule has 0 unspecified atom stereocenters. The molecule has 126 valence electrons. The highest BCUT2D eigenvalue weighted by Gasteiger charge is 2.19. The number of rotatable bonds is 6. The molecule has 3 aromatic rings. The van der Waals surface area contributed by atoms with Gasteiger partial charge in [0.2, 0.25) is 4.96 Å². The molecule has 0 radical (unpaired) electrons. The van der Waals surface area contributed by atoms with Crippen LogP contribution in [0.4, 0.5) is 5.69 Å². The molecule has 24 heavy (non-hydrogen) atoms. The van der Waals surface area contributed by atoms with Crippen molar-refractivity contribution in [3.63, 3.8) is 0 Å². The van der Waals surface area contributed by atoms with Gasteiger partial charge in [-0.15, -0.1) is 10.2 Å². The molecule has 0 saturated heterocycles. The lowest BCUT2D eigenvalue weighted by Crippen LogP contribution is -2.23. The summed E-state index contributed by atoms with van der Waals surface area (Å²) in [6, 6.07) is 5.03. The lowest BCUT2D eigenvalue weighted by atomic mass is 10.1. The van der Waals surface area contributed by atoms with Crippen molar-refractivity contribution in [1.29, 1.82) is 0 Å². The second-order valence-corrected chi connectivity index (χ2v) is 6.34. The summed E-state index contributed by atoms with van der Waals surface area (Å²) in [4.78, 5) is 13.7. The highest BCUT2D eigenvalue weighted by atomic mass is 32.1. The van der Waals surface area contributed by atoms with Crippen molar-refractivity contribution in [3.8, 4) is 10.6 Å². The predicted octanol–water partition coefficient (Wildman–Crippen LogP) is 2.91. The second-order valence-electron chi connectivity index (χ2n) is 5.39. The van der Waals surface area contributed by atoms with Crippen LogP contribution in [-0.4, -0.2) is 42.7 Å². The maximum atomic E-state index is 11.1. The molecule has 0 N–H and O–H groups in total. The monoisotopic (exact) mass is 346 g/mol. The number of hydrogen-bond acceptors (Lipinski definition) is 7. The Labute approximate surface area is 142 Å². The highest BCUT2D eigenvalue weighted by Crippen LogP contribution is 2.32. The van der Waals surface area contributed by atoms with E-state index in [0.29, 0.717) is 22.1 Å². The molecule has 0 atom stereocenters. The average Bonchev–Trinajstić information content (AvgIpc) is 3.13. The standard InChI is InChI=1S/C15H18N6O2S/c1-4-19(5-2)9-13-16-17-15-20(13)18-14(24-15)11-7-6-8-12(10(11)3)21(22)23/h6-8H,4-5,9H2,1-3H3. The third-order valence-corrected chi connectivity index (χ3v) is 4.98. The van der Waals surface area contributed by atoms with Gasteiger partial charge in [-0.05, 0) is 20.0 Å². The number of nitrogens with zero attached hydrogens (tertiary/aromatic N) is 6. The largest absolute Gasteiger partial charge is 0.296 e. The fourth-order valence-electron chi connectivity index (χ4n) is 2.57. The molecule has 8 nitrogen and oxygen atoms in total. The molecular weight excluding hydrogens is 328 g/mol. The number of nitro groups is 1. The van der Waals surface area contributed by atoms with Crippen molar-refractivity contribution in [3.05, 3.63) is 39.7 Å². The van der Waals surface area contributed by atoms with Gasteiger partial charge in [0.1, 0.15) is 5.01 Å². The van der Waals surface area contributed by atoms with Gasteiger partial charge in [0, 0.05) is 17.2 Å². The van der Waals surface area contributed by atoms with Crippen LogP contribution < -0.4 is 0 Å². The number of benzene rings is 1. The molecule has 0 aliphatic rings. The fraction of sp³-hybridized carbons (Fsp3) is 0.400. The first-order valence-corrected chi connectivity index (χ1v) is 8.54. The van der Waals surface area contributed by atoms with Gasteiger partial charge >= 0.3 is 0 Å². The zero-order valence-electron chi connectivity index (χ0n) is 13.8. The summed E-state index contributed by atoms with van der Waals surface area (Å²) in [6.45, 7) is 8.46. The lowest BCUT2D eigenvalue weighted by Gasteiger charge is -2.15. The summed E-state index contributed by atoms with van der Waals surface area (Å²) in [5.74, 6) is 0.777. The van der Waals surface area contributed by atoms with Crippen LogP contribution in [0.5, 0.6) is 0 Å². The Morgan fingerprint density at radius 3 is 2.71 bits per heavy atom. The van der Waals surface area contributed by atoms with Crippen LogP contribution in [0, 0.1) is 17.0 Å². The van der Waals surface area contributed by atoms with E-state index in [1.165, 1.54) is 17.4 Å². The SMILES string of the molecule is CCN(CC)Cc1nnc2sc(-c3cccc([N+](=O)[O-])c3C)nn12. The zero-order valence-corrected chi connectivity index (χ0v) is 14.6. The molecule has 2 aromatic heterocycles. The first kappa shape index (κ1) is 16.5. The summed E-state index contributed by atoms with van der Waals surface area (Å²) in [5, 5.41) is 24.8. The molecule has 0 bridgehead atoms. The number of fused-ring (bicyclic) bond motifs is 1. The molecule has 0 fully saturated rings. The van der Waals surface area contributed by atoms with Gasteiger partial charge in [0.25, 0.3) is 5.69 Å².